The zero-order valence-electron chi connectivity index (χ0n) is 17.3. The predicted octanol–water partition coefficient (Wildman–Crippen LogP) is 4.17. The van der Waals surface area contributed by atoms with E-state index in [4.69, 9.17) is 21.1 Å². The number of anilines is 1. The van der Waals surface area contributed by atoms with Crippen molar-refractivity contribution in [2.75, 3.05) is 31.6 Å². The Morgan fingerprint density at radius 2 is 1.87 bits per heavy atom. The number of halogens is 1. The molecule has 1 fully saturated rings. The highest BCUT2D eigenvalue weighted by Gasteiger charge is 2.31. The number of hydrogen-bond donors (Lipinski definition) is 1. The molecule has 1 atom stereocenters. The summed E-state index contributed by atoms with van der Waals surface area (Å²) in [6.45, 7) is 4.06. The maximum atomic E-state index is 13.2. The van der Waals surface area contributed by atoms with E-state index in [0.717, 1.165) is 19.3 Å². The molecular weight excluding hydrogens is 440 g/mol. The van der Waals surface area contributed by atoms with Crippen LogP contribution in [0.2, 0.25) is 5.02 Å². The van der Waals surface area contributed by atoms with Crippen LogP contribution in [0.15, 0.2) is 41.3 Å². The van der Waals surface area contributed by atoms with Crippen LogP contribution < -0.4 is 14.8 Å². The SMILES string of the molecule is CC1CCCN(S(=O)(=O)c2cc(C(=O)Nc3ccc4c(c3)OCCCO4)ccc2Cl)C1. The Morgan fingerprint density at radius 1 is 1.10 bits per heavy atom. The predicted molar refractivity (Wildman–Crippen MR) is 119 cm³/mol. The second-order valence-corrected chi connectivity index (χ2v) is 10.2. The second kappa shape index (κ2) is 9.06. The third-order valence-electron chi connectivity index (χ3n) is 5.44. The van der Waals surface area contributed by atoms with Crippen molar-refractivity contribution in [2.24, 2.45) is 5.92 Å². The van der Waals surface area contributed by atoms with Crippen molar-refractivity contribution in [1.82, 2.24) is 4.31 Å². The minimum atomic E-state index is -3.79. The standard InChI is InChI=1S/C22H25ClN2O5S/c1-15-4-2-9-25(14-15)31(27,28)21-12-16(5-7-18(21)23)22(26)24-17-6-8-19-20(13-17)30-11-3-10-29-19/h5-8,12-13,15H,2-4,9-11,14H2,1H3,(H,24,26). The van der Waals surface area contributed by atoms with Gasteiger partial charge in [-0.05, 0) is 49.1 Å². The van der Waals surface area contributed by atoms with Gasteiger partial charge in [0, 0.05) is 36.8 Å². The van der Waals surface area contributed by atoms with E-state index in [-0.39, 0.29) is 21.4 Å². The molecule has 0 aromatic heterocycles. The van der Waals surface area contributed by atoms with Gasteiger partial charge in [-0.15, -0.1) is 0 Å². The van der Waals surface area contributed by atoms with Gasteiger partial charge >= 0.3 is 0 Å². The molecule has 2 aliphatic heterocycles. The van der Waals surface area contributed by atoms with Crippen LogP contribution in [0.4, 0.5) is 5.69 Å². The highest BCUT2D eigenvalue weighted by atomic mass is 35.5. The number of amides is 1. The average molecular weight is 465 g/mol. The summed E-state index contributed by atoms with van der Waals surface area (Å²) in [4.78, 5) is 12.8. The van der Waals surface area contributed by atoms with Gasteiger partial charge in [-0.3, -0.25) is 4.79 Å². The van der Waals surface area contributed by atoms with Gasteiger partial charge in [-0.1, -0.05) is 18.5 Å². The van der Waals surface area contributed by atoms with Crippen molar-refractivity contribution < 1.29 is 22.7 Å². The van der Waals surface area contributed by atoms with E-state index in [9.17, 15) is 13.2 Å². The summed E-state index contributed by atoms with van der Waals surface area (Å²) in [7, 11) is -3.79. The Morgan fingerprint density at radius 3 is 2.65 bits per heavy atom. The number of nitrogens with one attached hydrogen (secondary N) is 1. The molecule has 0 spiro atoms. The van der Waals surface area contributed by atoms with E-state index >= 15 is 0 Å². The van der Waals surface area contributed by atoms with E-state index < -0.39 is 15.9 Å². The smallest absolute Gasteiger partial charge is 0.255 e. The summed E-state index contributed by atoms with van der Waals surface area (Å²) in [5, 5.41) is 2.89. The van der Waals surface area contributed by atoms with Gasteiger partial charge in [0.1, 0.15) is 4.90 Å². The zero-order chi connectivity index (χ0) is 22.0. The fourth-order valence-electron chi connectivity index (χ4n) is 3.79. The Bertz CT molecular complexity index is 1090. The molecule has 7 nitrogen and oxygen atoms in total. The molecule has 0 radical (unpaired) electrons. The molecule has 166 valence electrons. The third-order valence-corrected chi connectivity index (χ3v) is 7.78. The molecule has 9 heteroatoms. The fourth-order valence-corrected chi connectivity index (χ4v) is 5.89. The highest BCUT2D eigenvalue weighted by molar-refractivity contribution is 7.89. The van der Waals surface area contributed by atoms with E-state index in [0.29, 0.717) is 43.5 Å². The lowest BCUT2D eigenvalue weighted by Crippen LogP contribution is -2.39. The molecule has 1 saturated heterocycles. The van der Waals surface area contributed by atoms with Crippen LogP contribution in [0.25, 0.3) is 0 Å². The summed E-state index contributed by atoms with van der Waals surface area (Å²) < 4.78 is 39.0. The zero-order valence-corrected chi connectivity index (χ0v) is 18.8. The lowest BCUT2D eigenvalue weighted by atomic mass is 10.0. The van der Waals surface area contributed by atoms with Gasteiger partial charge in [0.25, 0.3) is 5.91 Å². The minimum Gasteiger partial charge on any atom is -0.490 e. The van der Waals surface area contributed by atoms with E-state index in [1.165, 1.54) is 22.5 Å². The van der Waals surface area contributed by atoms with Gasteiger partial charge in [-0.2, -0.15) is 4.31 Å². The maximum absolute atomic E-state index is 13.2. The number of benzene rings is 2. The van der Waals surface area contributed by atoms with Crippen LogP contribution in [-0.4, -0.2) is 44.9 Å². The Hall–Kier alpha value is -2.29. The average Bonchev–Trinajstić information content (AvgIpc) is 2.99. The van der Waals surface area contributed by atoms with Crippen LogP contribution in [0.5, 0.6) is 11.5 Å². The van der Waals surface area contributed by atoms with Gasteiger partial charge in [0.15, 0.2) is 11.5 Å². The van der Waals surface area contributed by atoms with Crippen molar-refractivity contribution in [3.8, 4) is 11.5 Å². The van der Waals surface area contributed by atoms with Crippen molar-refractivity contribution >= 4 is 33.2 Å². The molecule has 1 N–H and O–H groups in total. The molecule has 0 saturated carbocycles. The maximum Gasteiger partial charge on any atom is 0.255 e. The molecule has 2 aromatic rings. The Kier molecular flexibility index (Phi) is 6.41. The number of sulfonamides is 1. The van der Waals surface area contributed by atoms with E-state index in [1.807, 2.05) is 6.92 Å². The molecule has 2 heterocycles. The van der Waals surface area contributed by atoms with Crippen molar-refractivity contribution in [2.45, 2.75) is 31.1 Å². The monoisotopic (exact) mass is 464 g/mol. The van der Waals surface area contributed by atoms with Crippen molar-refractivity contribution in [3.05, 3.63) is 47.0 Å². The number of nitrogens with zero attached hydrogens (tertiary/aromatic N) is 1. The van der Waals surface area contributed by atoms with Gasteiger partial charge < -0.3 is 14.8 Å². The summed E-state index contributed by atoms with van der Waals surface area (Å²) in [6.07, 6.45) is 2.59. The highest BCUT2D eigenvalue weighted by Crippen LogP contribution is 2.33. The first-order valence-corrected chi connectivity index (χ1v) is 12.2. The van der Waals surface area contributed by atoms with Crippen LogP contribution in [0.3, 0.4) is 0 Å². The normalized spacial score (nSPS) is 19.5. The number of hydrogen-bond acceptors (Lipinski definition) is 5. The summed E-state index contributed by atoms with van der Waals surface area (Å²) in [5.74, 6) is 1.04. The molecular formula is C22H25ClN2O5S. The number of rotatable bonds is 4. The van der Waals surface area contributed by atoms with Crippen LogP contribution >= 0.6 is 11.6 Å². The van der Waals surface area contributed by atoms with Crippen molar-refractivity contribution in [3.63, 3.8) is 0 Å². The van der Waals surface area contributed by atoms with Gasteiger partial charge in [-0.25, -0.2) is 8.42 Å². The first kappa shape index (κ1) is 21.9. The molecule has 4 rings (SSSR count). The summed E-state index contributed by atoms with van der Waals surface area (Å²) >= 11 is 6.23. The first-order valence-electron chi connectivity index (χ1n) is 10.4. The quantitative estimate of drug-likeness (QED) is 0.733. The topological polar surface area (TPSA) is 84.9 Å². The minimum absolute atomic E-state index is 0.0467. The number of fused-ring (bicyclic) bond motifs is 1. The van der Waals surface area contributed by atoms with Crippen LogP contribution in [-0.2, 0) is 10.0 Å². The molecule has 31 heavy (non-hydrogen) atoms. The number of carbonyl (C=O) groups is 1. The van der Waals surface area contributed by atoms with E-state index in [1.54, 1.807) is 18.2 Å². The lowest BCUT2D eigenvalue weighted by Gasteiger charge is -2.30. The number of carbonyl (C=O) groups excluding carboxylic acids is 1. The lowest BCUT2D eigenvalue weighted by molar-refractivity contribution is 0.102. The fraction of sp³-hybridized carbons (Fsp3) is 0.409. The third kappa shape index (κ3) is 4.81. The second-order valence-electron chi connectivity index (χ2n) is 7.92. The summed E-state index contributed by atoms with van der Waals surface area (Å²) in [5.41, 5.74) is 0.735. The first-order chi connectivity index (χ1) is 14.8. The molecule has 2 aliphatic rings. The van der Waals surface area contributed by atoms with Gasteiger partial charge in [0.2, 0.25) is 10.0 Å². The Labute approximate surface area is 187 Å². The summed E-state index contributed by atoms with van der Waals surface area (Å²) in [6, 6.07) is 9.46. The van der Waals surface area contributed by atoms with Crippen molar-refractivity contribution in [1.29, 1.82) is 0 Å². The van der Waals surface area contributed by atoms with Crippen LogP contribution in [0.1, 0.15) is 36.5 Å². The molecule has 1 amide bonds. The van der Waals surface area contributed by atoms with Gasteiger partial charge in [0.05, 0.1) is 18.2 Å². The van der Waals surface area contributed by atoms with Crippen LogP contribution in [0, 0.1) is 5.92 Å². The molecule has 0 bridgehead atoms. The number of piperidine rings is 1. The molecule has 2 aromatic carbocycles. The Balaban J connectivity index is 1.56. The number of ether oxygens (including phenoxy) is 2. The largest absolute Gasteiger partial charge is 0.490 e. The van der Waals surface area contributed by atoms with E-state index in [2.05, 4.69) is 5.32 Å². The molecule has 0 aliphatic carbocycles. The molecule has 1 unspecified atom stereocenters.